The molecular weight excluding hydrogens is 347 g/mol. The Morgan fingerprint density at radius 2 is 1.89 bits per heavy atom. The van der Waals surface area contributed by atoms with Gasteiger partial charge in [-0.15, -0.1) is 0 Å². The van der Waals surface area contributed by atoms with Crippen LogP contribution in [-0.2, 0) is 0 Å². The van der Waals surface area contributed by atoms with Crippen LogP contribution in [0.15, 0.2) is 42.5 Å². The molecule has 0 bridgehead atoms. The third-order valence-electron chi connectivity index (χ3n) is 4.94. The first-order chi connectivity index (χ1) is 13.1. The number of likely N-dealkylation sites (tertiary alicyclic amines) is 1. The van der Waals surface area contributed by atoms with Gasteiger partial charge in [0.2, 0.25) is 0 Å². The topological polar surface area (TPSA) is 50.8 Å². The number of nitrogens with zero attached hydrogens (tertiary/aromatic N) is 1. The number of amides is 2. The molecule has 2 aromatic rings. The van der Waals surface area contributed by atoms with Crippen LogP contribution >= 0.6 is 0 Å². The Bertz CT molecular complexity index is 779. The Morgan fingerprint density at radius 3 is 2.59 bits per heavy atom. The molecule has 2 amide bonds. The smallest absolute Gasteiger partial charge is 0.321 e. The van der Waals surface area contributed by atoms with Gasteiger partial charge in [-0.1, -0.05) is 24.6 Å². The van der Waals surface area contributed by atoms with E-state index in [4.69, 9.17) is 9.47 Å². The number of urea groups is 1. The number of nitrogens with one attached hydrogen (secondary N) is 1. The van der Waals surface area contributed by atoms with Gasteiger partial charge in [0.15, 0.2) is 11.5 Å². The first kappa shape index (κ1) is 19.0. The van der Waals surface area contributed by atoms with Crippen LogP contribution in [0.25, 0.3) is 0 Å². The summed E-state index contributed by atoms with van der Waals surface area (Å²) < 4.78 is 23.9. The van der Waals surface area contributed by atoms with Gasteiger partial charge in [0.25, 0.3) is 0 Å². The highest BCUT2D eigenvalue weighted by Gasteiger charge is 2.24. The van der Waals surface area contributed by atoms with E-state index < -0.39 is 0 Å². The van der Waals surface area contributed by atoms with E-state index in [0.717, 1.165) is 24.8 Å². The fourth-order valence-electron chi connectivity index (χ4n) is 3.51. The number of halogens is 1. The van der Waals surface area contributed by atoms with E-state index in [1.165, 1.54) is 12.1 Å². The fourth-order valence-corrected chi connectivity index (χ4v) is 3.51. The summed E-state index contributed by atoms with van der Waals surface area (Å²) in [6.07, 6.45) is 2.96. The van der Waals surface area contributed by atoms with Gasteiger partial charge < -0.3 is 19.7 Å². The molecule has 1 saturated heterocycles. The molecule has 1 aliphatic rings. The largest absolute Gasteiger partial charge is 0.493 e. The van der Waals surface area contributed by atoms with Crippen LogP contribution in [-0.4, -0.2) is 38.2 Å². The van der Waals surface area contributed by atoms with E-state index >= 15 is 0 Å². The molecule has 3 rings (SSSR count). The normalized spacial score (nSPS) is 17.1. The van der Waals surface area contributed by atoms with Gasteiger partial charge in [-0.2, -0.15) is 0 Å². The van der Waals surface area contributed by atoms with E-state index in [0.29, 0.717) is 30.3 Å². The highest BCUT2D eigenvalue weighted by Crippen LogP contribution is 2.35. The average molecular weight is 372 g/mol. The van der Waals surface area contributed by atoms with E-state index in [1.54, 1.807) is 32.4 Å². The van der Waals surface area contributed by atoms with Gasteiger partial charge in [0.05, 0.1) is 19.9 Å². The van der Waals surface area contributed by atoms with Crippen LogP contribution in [0.5, 0.6) is 11.5 Å². The Labute approximate surface area is 159 Å². The van der Waals surface area contributed by atoms with Gasteiger partial charge in [-0.3, -0.25) is 0 Å². The maximum Gasteiger partial charge on any atom is 0.321 e. The second kappa shape index (κ2) is 8.75. The molecule has 6 heteroatoms. The summed E-state index contributed by atoms with van der Waals surface area (Å²) in [5.74, 6) is 1.02. The molecule has 1 unspecified atom stereocenters. The number of ether oxygens (including phenoxy) is 2. The van der Waals surface area contributed by atoms with Crippen molar-refractivity contribution in [3.05, 3.63) is 53.8 Å². The molecule has 0 aromatic heterocycles. The lowest BCUT2D eigenvalue weighted by molar-refractivity contribution is 0.211. The van der Waals surface area contributed by atoms with Crippen LogP contribution in [0.3, 0.4) is 0 Å². The molecule has 2 aromatic carbocycles. The van der Waals surface area contributed by atoms with Crippen molar-refractivity contribution in [2.24, 2.45) is 0 Å². The number of anilines is 1. The van der Waals surface area contributed by atoms with E-state index in [2.05, 4.69) is 5.32 Å². The maximum atomic E-state index is 13.2. The first-order valence-electron chi connectivity index (χ1n) is 9.14. The molecule has 1 fully saturated rings. The third kappa shape index (κ3) is 4.51. The molecule has 0 saturated carbocycles. The number of para-hydroxylation sites is 1. The second-order valence-electron chi connectivity index (χ2n) is 6.66. The van der Waals surface area contributed by atoms with Crippen molar-refractivity contribution in [2.45, 2.75) is 25.2 Å². The third-order valence-corrected chi connectivity index (χ3v) is 4.94. The van der Waals surface area contributed by atoms with Gasteiger partial charge in [0, 0.05) is 19.0 Å². The Hall–Kier alpha value is -2.76. The van der Waals surface area contributed by atoms with Crippen molar-refractivity contribution >= 4 is 11.7 Å². The Balaban J connectivity index is 1.75. The molecule has 1 aliphatic heterocycles. The summed E-state index contributed by atoms with van der Waals surface area (Å²) in [5, 5.41) is 2.94. The summed E-state index contributed by atoms with van der Waals surface area (Å²) in [7, 11) is 3.11. The van der Waals surface area contributed by atoms with Crippen molar-refractivity contribution in [3.63, 3.8) is 0 Å². The summed E-state index contributed by atoms with van der Waals surface area (Å²) >= 11 is 0. The minimum absolute atomic E-state index is 0.171. The summed E-state index contributed by atoms with van der Waals surface area (Å²) in [6.45, 7) is 1.29. The number of hydrogen-bond acceptors (Lipinski definition) is 3. The zero-order valence-corrected chi connectivity index (χ0v) is 15.7. The standard InChI is InChI=1S/C21H25FN2O3/c1-26-19-8-5-7-18(20(19)27-2)23-21(25)24-13-4-3-6-16(14-24)15-9-11-17(22)12-10-15/h5,7-12,16H,3-4,6,13-14H2,1-2H3,(H,23,25). The fraction of sp³-hybridized carbons (Fsp3) is 0.381. The number of rotatable bonds is 4. The van der Waals surface area contributed by atoms with Crippen LogP contribution < -0.4 is 14.8 Å². The Morgan fingerprint density at radius 1 is 1.11 bits per heavy atom. The molecular formula is C21H25FN2O3. The molecule has 0 aliphatic carbocycles. The minimum atomic E-state index is -0.243. The molecule has 27 heavy (non-hydrogen) atoms. The molecule has 1 atom stereocenters. The Kier molecular flexibility index (Phi) is 6.16. The van der Waals surface area contributed by atoms with Crippen molar-refractivity contribution in [3.8, 4) is 11.5 Å². The lowest BCUT2D eigenvalue weighted by Gasteiger charge is -2.25. The predicted molar refractivity (Wildman–Crippen MR) is 103 cm³/mol. The predicted octanol–water partition coefficient (Wildman–Crippen LogP) is 4.64. The highest BCUT2D eigenvalue weighted by atomic mass is 19.1. The lowest BCUT2D eigenvalue weighted by atomic mass is 9.94. The quantitative estimate of drug-likeness (QED) is 0.850. The zero-order valence-electron chi connectivity index (χ0n) is 15.7. The van der Waals surface area contributed by atoms with Crippen molar-refractivity contribution in [1.29, 1.82) is 0 Å². The van der Waals surface area contributed by atoms with Crippen molar-refractivity contribution in [1.82, 2.24) is 4.90 Å². The monoisotopic (exact) mass is 372 g/mol. The number of hydrogen-bond donors (Lipinski definition) is 1. The number of benzene rings is 2. The highest BCUT2D eigenvalue weighted by molar-refractivity contribution is 5.91. The van der Waals surface area contributed by atoms with E-state index in [9.17, 15) is 9.18 Å². The number of methoxy groups -OCH3 is 2. The molecule has 5 nitrogen and oxygen atoms in total. The molecule has 1 heterocycles. The van der Waals surface area contributed by atoms with E-state index in [1.807, 2.05) is 17.0 Å². The van der Waals surface area contributed by atoms with Gasteiger partial charge >= 0.3 is 6.03 Å². The molecule has 0 spiro atoms. The van der Waals surface area contributed by atoms with Crippen LogP contribution in [0.1, 0.15) is 30.7 Å². The number of carbonyl (C=O) groups is 1. The summed E-state index contributed by atoms with van der Waals surface area (Å²) in [5.41, 5.74) is 1.64. The zero-order chi connectivity index (χ0) is 19.2. The maximum absolute atomic E-state index is 13.2. The average Bonchev–Trinajstić information content (AvgIpc) is 2.94. The van der Waals surface area contributed by atoms with Crippen molar-refractivity contribution < 1.29 is 18.7 Å². The van der Waals surface area contributed by atoms with Crippen LogP contribution in [0, 0.1) is 5.82 Å². The van der Waals surface area contributed by atoms with Gasteiger partial charge in [-0.25, -0.2) is 9.18 Å². The first-order valence-corrected chi connectivity index (χ1v) is 9.14. The molecule has 0 radical (unpaired) electrons. The molecule has 144 valence electrons. The van der Waals surface area contributed by atoms with Crippen molar-refractivity contribution in [2.75, 3.05) is 32.6 Å². The SMILES string of the molecule is COc1cccc(NC(=O)N2CCCCC(c3ccc(F)cc3)C2)c1OC. The minimum Gasteiger partial charge on any atom is -0.493 e. The van der Waals surface area contributed by atoms with Crippen LogP contribution in [0.2, 0.25) is 0 Å². The van der Waals surface area contributed by atoms with E-state index in [-0.39, 0.29) is 17.8 Å². The lowest BCUT2D eigenvalue weighted by Crippen LogP contribution is -2.37. The van der Waals surface area contributed by atoms with Gasteiger partial charge in [-0.05, 0) is 42.7 Å². The summed E-state index contributed by atoms with van der Waals surface area (Å²) in [4.78, 5) is 14.7. The second-order valence-corrected chi connectivity index (χ2v) is 6.66. The summed E-state index contributed by atoms with van der Waals surface area (Å²) in [6, 6.07) is 11.8. The van der Waals surface area contributed by atoms with Crippen LogP contribution in [0.4, 0.5) is 14.9 Å². The van der Waals surface area contributed by atoms with Gasteiger partial charge in [0.1, 0.15) is 5.82 Å². The molecule has 1 N–H and O–H groups in total. The number of carbonyl (C=O) groups excluding carboxylic acids is 1.